The smallest absolute Gasteiger partial charge is 0.0206 e. The predicted molar refractivity (Wildman–Crippen MR) is 39.1 cm³/mol. The first-order valence-electron chi connectivity index (χ1n) is 2.89. The molecule has 0 fully saturated rings. The second-order valence-electron chi connectivity index (χ2n) is 2.17. The van der Waals surface area contributed by atoms with Crippen molar-refractivity contribution in [3.63, 3.8) is 0 Å². The van der Waals surface area contributed by atoms with Crippen molar-refractivity contribution >= 4 is 12.6 Å². The van der Waals surface area contributed by atoms with Crippen molar-refractivity contribution in [1.29, 1.82) is 0 Å². The predicted octanol–water partition coefficient (Wildman–Crippen LogP) is 0.962. The van der Waals surface area contributed by atoms with E-state index in [0.29, 0.717) is 5.25 Å². The molecule has 8 heavy (non-hydrogen) atoms. The Hall–Kier alpha value is 0.0500. The van der Waals surface area contributed by atoms with Crippen LogP contribution in [0.5, 0.6) is 0 Å². The quantitative estimate of drug-likeness (QED) is 0.370. The molecule has 0 aromatic carbocycles. The molecule has 1 nitrogen and oxygen atoms in total. The summed E-state index contributed by atoms with van der Waals surface area (Å²) >= 11 is 4.28. The molecule has 0 aromatic rings. The van der Waals surface area contributed by atoms with Gasteiger partial charge in [-0.25, -0.2) is 0 Å². The fourth-order valence-electron chi connectivity index (χ4n) is 0.821. The molecule has 0 radical (unpaired) electrons. The highest BCUT2D eigenvalue weighted by atomic mass is 32.1. The summed E-state index contributed by atoms with van der Waals surface area (Å²) in [5, 5.41) is 0.389. The fourth-order valence-corrected chi connectivity index (χ4v) is 1.06. The number of allylic oxidation sites excluding steroid dienone is 1. The van der Waals surface area contributed by atoms with E-state index in [1.165, 1.54) is 0 Å². The van der Waals surface area contributed by atoms with Crippen LogP contribution >= 0.6 is 12.6 Å². The first-order valence-corrected chi connectivity index (χ1v) is 3.41. The monoisotopic (exact) mass is 129 g/mol. The summed E-state index contributed by atoms with van der Waals surface area (Å²) in [6.45, 7) is 0. The Balaban J connectivity index is 2.44. The molecule has 1 aliphatic carbocycles. The summed E-state index contributed by atoms with van der Waals surface area (Å²) in [6, 6.07) is 0.281. The average molecular weight is 129 g/mol. The molecule has 0 spiro atoms. The van der Waals surface area contributed by atoms with Gasteiger partial charge in [0.1, 0.15) is 0 Å². The summed E-state index contributed by atoms with van der Waals surface area (Å²) in [4.78, 5) is 0. The molecule has 0 heterocycles. The molecule has 1 rings (SSSR count). The van der Waals surface area contributed by atoms with Crippen molar-refractivity contribution in [1.82, 2.24) is 0 Å². The minimum absolute atomic E-state index is 0.281. The van der Waals surface area contributed by atoms with Crippen LogP contribution in [0, 0.1) is 0 Å². The minimum atomic E-state index is 0.281. The van der Waals surface area contributed by atoms with Gasteiger partial charge in [-0.05, 0) is 12.8 Å². The van der Waals surface area contributed by atoms with Crippen molar-refractivity contribution < 1.29 is 0 Å². The number of nitrogens with two attached hydrogens (primary N) is 1. The summed E-state index contributed by atoms with van der Waals surface area (Å²) in [5.74, 6) is 0. The van der Waals surface area contributed by atoms with Gasteiger partial charge in [0, 0.05) is 11.3 Å². The normalized spacial score (nSPS) is 37.8. The third kappa shape index (κ3) is 1.26. The van der Waals surface area contributed by atoms with Gasteiger partial charge < -0.3 is 5.73 Å². The maximum Gasteiger partial charge on any atom is 0.0206 e. The van der Waals surface area contributed by atoms with Crippen LogP contribution in [0.2, 0.25) is 0 Å². The lowest BCUT2D eigenvalue weighted by Crippen LogP contribution is -2.31. The molecule has 0 saturated heterocycles. The second kappa shape index (κ2) is 2.55. The Labute approximate surface area is 55.4 Å². The zero-order valence-corrected chi connectivity index (χ0v) is 5.64. The van der Waals surface area contributed by atoms with E-state index in [1.807, 2.05) is 0 Å². The molecule has 0 bridgehead atoms. The Morgan fingerprint density at radius 3 is 2.38 bits per heavy atom. The van der Waals surface area contributed by atoms with E-state index in [9.17, 15) is 0 Å². The Morgan fingerprint density at radius 2 is 2.00 bits per heavy atom. The van der Waals surface area contributed by atoms with E-state index in [0.717, 1.165) is 12.8 Å². The van der Waals surface area contributed by atoms with Crippen LogP contribution in [0.1, 0.15) is 12.8 Å². The summed E-state index contributed by atoms with van der Waals surface area (Å²) in [5.41, 5.74) is 5.65. The van der Waals surface area contributed by atoms with Gasteiger partial charge in [-0.15, -0.1) is 0 Å². The largest absolute Gasteiger partial charge is 0.326 e. The van der Waals surface area contributed by atoms with Gasteiger partial charge in [0.15, 0.2) is 0 Å². The minimum Gasteiger partial charge on any atom is -0.326 e. The van der Waals surface area contributed by atoms with E-state index in [-0.39, 0.29) is 6.04 Å². The molecular formula is C6H11NS. The van der Waals surface area contributed by atoms with Crippen LogP contribution in [-0.2, 0) is 0 Å². The van der Waals surface area contributed by atoms with Crippen molar-refractivity contribution in [3.05, 3.63) is 12.2 Å². The van der Waals surface area contributed by atoms with Crippen molar-refractivity contribution in [3.8, 4) is 0 Å². The Kier molecular flexibility index (Phi) is 1.97. The van der Waals surface area contributed by atoms with Gasteiger partial charge in [-0.3, -0.25) is 0 Å². The lowest BCUT2D eigenvalue weighted by atomic mass is 10.0. The van der Waals surface area contributed by atoms with Gasteiger partial charge in [-0.2, -0.15) is 12.6 Å². The topological polar surface area (TPSA) is 26.0 Å². The second-order valence-corrected chi connectivity index (χ2v) is 2.84. The van der Waals surface area contributed by atoms with Crippen molar-refractivity contribution in [2.45, 2.75) is 24.1 Å². The molecule has 1 aliphatic rings. The standard InChI is InChI=1S/C6H11NS/c7-5-3-1-2-4-6(5)8/h1-2,5-6,8H,3-4,7H2. The third-order valence-electron chi connectivity index (χ3n) is 1.45. The van der Waals surface area contributed by atoms with E-state index in [1.54, 1.807) is 0 Å². The molecular weight excluding hydrogens is 118 g/mol. The van der Waals surface area contributed by atoms with Crippen molar-refractivity contribution in [2.24, 2.45) is 5.73 Å². The number of thiol groups is 1. The van der Waals surface area contributed by atoms with Gasteiger partial charge in [-0.1, -0.05) is 12.2 Å². The average Bonchev–Trinajstić information content (AvgIpc) is 1.77. The number of hydrogen-bond donors (Lipinski definition) is 2. The molecule has 0 saturated carbocycles. The maximum absolute atomic E-state index is 5.65. The molecule has 2 unspecified atom stereocenters. The highest BCUT2D eigenvalue weighted by molar-refractivity contribution is 7.81. The fraction of sp³-hybridized carbons (Fsp3) is 0.667. The van der Waals surface area contributed by atoms with Gasteiger partial charge in [0.2, 0.25) is 0 Å². The SMILES string of the molecule is NC1CC=CCC1S. The molecule has 2 heteroatoms. The van der Waals surface area contributed by atoms with Gasteiger partial charge in [0.05, 0.1) is 0 Å². The first kappa shape index (κ1) is 6.17. The van der Waals surface area contributed by atoms with E-state index < -0.39 is 0 Å². The van der Waals surface area contributed by atoms with Crippen LogP contribution in [0.3, 0.4) is 0 Å². The molecule has 0 aromatic heterocycles. The zero-order valence-electron chi connectivity index (χ0n) is 4.75. The van der Waals surface area contributed by atoms with Gasteiger partial charge >= 0.3 is 0 Å². The van der Waals surface area contributed by atoms with Crippen molar-refractivity contribution in [2.75, 3.05) is 0 Å². The first-order chi connectivity index (χ1) is 3.80. The number of rotatable bonds is 0. The van der Waals surface area contributed by atoms with Crippen LogP contribution < -0.4 is 5.73 Å². The van der Waals surface area contributed by atoms with E-state index in [4.69, 9.17) is 5.73 Å². The molecule has 2 atom stereocenters. The highest BCUT2D eigenvalue weighted by Crippen LogP contribution is 2.14. The molecule has 0 aliphatic heterocycles. The summed E-state index contributed by atoms with van der Waals surface area (Å²) < 4.78 is 0. The van der Waals surface area contributed by atoms with E-state index >= 15 is 0 Å². The zero-order chi connectivity index (χ0) is 5.98. The molecule has 0 amide bonds. The molecule has 46 valence electrons. The van der Waals surface area contributed by atoms with Gasteiger partial charge in [0.25, 0.3) is 0 Å². The van der Waals surface area contributed by atoms with Crippen LogP contribution in [0.25, 0.3) is 0 Å². The van der Waals surface area contributed by atoms with Crippen LogP contribution in [-0.4, -0.2) is 11.3 Å². The lowest BCUT2D eigenvalue weighted by Gasteiger charge is -2.19. The number of hydrogen-bond acceptors (Lipinski definition) is 2. The maximum atomic E-state index is 5.65. The Bertz CT molecular complexity index is 88.7. The van der Waals surface area contributed by atoms with E-state index in [2.05, 4.69) is 24.8 Å². The Morgan fingerprint density at radius 1 is 1.38 bits per heavy atom. The highest BCUT2D eigenvalue weighted by Gasteiger charge is 2.12. The lowest BCUT2D eigenvalue weighted by molar-refractivity contribution is 0.625. The summed E-state index contributed by atoms with van der Waals surface area (Å²) in [6.07, 6.45) is 6.29. The summed E-state index contributed by atoms with van der Waals surface area (Å²) in [7, 11) is 0. The third-order valence-corrected chi connectivity index (χ3v) is 2.04. The van der Waals surface area contributed by atoms with Crippen LogP contribution in [0.15, 0.2) is 12.2 Å². The van der Waals surface area contributed by atoms with Crippen LogP contribution in [0.4, 0.5) is 0 Å². The molecule has 2 N–H and O–H groups in total.